The van der Waals surface area contributed by atoms with Crippen molar-refractivity contribution >= 4 is 21.7 Å². The Hall–Kier alpha value is -1.55. The van der Waals surface area contributed by atoms with Gasteiger partial charge in [0.05, 0.1) is 12.2 Å². The number of fused-ring (bicyclic) bond motifs is 1. The Bertz CT molecular complexity index is 826. The molecule has 0 bridgehead atoms. The Morgan fingerprint density at radius 3 is 2.96 bits per heavy atom. The third-order valence-corrected chi connectivity index (χ3v) is 4.92. The summed E-state index contributed by atoms with van der Waals surface area (Å²) < 4.78 is 7.14. The Kier molecular flexibility index (Phi) is 4.37. The van der Waals surface area contributed by atoms with Crippen molar-refractivity contribution in [3.05, 3.63) is 25.8 Å². The van der Waals surface area contributed by atoms with Gasteiger partial charge in [0.2, 0.25) is 0 Å². The topological polar surface area (TPSA) is 117 Å². The maximum Gasteiger partial charge on any atom is 0.311 e. The number of nitrogens with zero attached hydrogens (tertiary/aromatic N) is 2. The van der Waals surface area contributed by atoms with Crippen LogP contribution in [0.3, 0.4) is 0 Å². The second-order valence-corrected chi connectivity index (χ2v) is 6.73. The van der Waals surface area contributed by atoms with Crippen molar-refractivity contribution in [2.45, 2.75) is 57.6 Å². The number of nitrogens with one attached hydrogen (secondary N) is 1. The van der Waals surface area contributed by atoms with Gasteiger partial charge in [-0.2, -0.15) is 0 Å². The molecule has 0 aliphatic carbocycles. The molecule has 4 unspecified atom stereocenters. The Labute approximate surface area is 135 Å². The summed E-state index contributed by atoms with van der Waals surface area (Å²) in [5.74, 6) is 0.379. The van der Waals surface area contributed by atoms with Crippen LogP contribution in [0.2, 0.25) is 0 Å². The van der Waals surface area contributed by atoms with E-state index in [4.69, 9.17) is 4.74 Å². The first-order valence-corrected chi connectivity index (χ1v) is 8.37. The van der Waals surface area contributed by atoms with Gasteiger partial charge in [-0.25, -0.2) is 4.98 Å². The van der Waals surface area contributed by atoms with E-state index in [1.165, 1.54) is 4.57 Å². The lowest BCUT2D eigenvalue weighted by Gasteiger charge is -2.19. The van der Waals surface area contributed by atoms with Crippen LogP contribution in [0.4, 0.5) is 0 Å². The maximum atomic E-state index is 12.3. The van der Waals surface area contributed by atoms with Crippen molar-refractivity contribution in [1.29, 1.82) is 0 Å². The first-order chi connectivity index (χ1) is 10.9. The summed E-state index contributed by atoms with van der Waals surface area (Å²) in [5.41, 5.74) is -0.181. The molecular formula is C14H19N3O5S. The minimum absolute atomic E-state index is 0.203. The first-order valence-electron chi connectivity index (χ1n) is 7.56. The summed E-state index contributed by atoms with van der Waals surface area (Å²) in [4.78, 5) is 30.5. The average Bonchev–Trinajstić information content (AvgIpc) is 2.99. The van der Waals surface area contributed by atoms with Crippen LogP contribution in [0.25, 0.3) is 10.3 Å². The van der Waals surface area contributed by atoms with Crippen LogP contribution in [-0.2, 0) is 4.74 Å². The van der Waals surface area contributed by atoms with Crippen molar-refractivity contribution < 1.29 is 14.9 Å². The van der Waals surface area contributed by atoms with Gasteiger partial charge < -0.3 is 19.9 Å². The third-order valence-electron chi connectivity index (χ3n) is 3.98. The van der Waals surface area contributed by atoms with Crippen LogP contribution in [-0.4, -0.2) is 43.1 Å². The molecule has 0 saturated carbocycles. The van der Waals surface area contributed by atoms with Gasteiger partial charge in [-0.15, -0.1) is 0 Å². The highest BCUT2D eigenvalue weighted by Gasteiger charge is 2.40. The molecule has 0 amide bonds. The molecule has 1 aliphatic rings. The molecule has 3 N–H and O–H groups in total. The lowest BCUT2D eigenvalue weighted by molar-refractivity contribution is -0.0763. The molecule has 3 heterocycles. The molecule has 1 fully saturated rings. The maximum absolute atomic E-state index is 12.3. The number of rotatable bonds is 4. The predicted octanol–water partition coefficient (Wildman–Crippen LogP) is 0.264. The highest BCUT2D eigenvalue weighted by Crippen LogP contribution is 2.32. The molecule has 126 valence electrons. The van der Waals surface area contributed by atoms with Gasteiger partial charge in [0.15, 0.2) is 11.9 Å². The predicted molar refractivity (Wildman–Crippen MR) is 84.7 cm³/mol. The summed E-state index contributed by atoms with van der Waals surface area (Å²) in [5, 5.41) is 20.3. The van der Waals surface area contributed by atoms with E-state index in [9.17, 15) is 19.8 Å². The molecule has 2 aromatic heterocycles. The molecule has 0 radical (unpaired) electrons. The molecule has 1 aliphatic heterocycles. The fourth-order valence-corrected chi connectivity index (χ4v) is 3.75. The monoisotopic (exact) mass is 341 g/mol. The second kappa shape index (κ2) is 6.16. The number of aromatic nitrogens is 3. The van der Waals surface area contributed by atoms with Gasteiger partial charge in [-0.3, -0.25) is 14.2 Å². The average molecular weight is 341 g/mol. The van der Waals surface area contributed by atoms with Crippen molar-refractivity contribution in [1.82, 2.24) is 14.5 Å². The fourth-order valence-electron chi connectivity index (χ4n) is 2.90. The van der Waals surface area contributed by atoms with E-state index in [2.05, 4.69) is 9.97 Å². The van der Waals surface area contributed by atoms with E-state index >= 15 is 0 Å². The van der Waals surface area contributed by atoms with E-state index in [1.54, 1.807) is 6.92 Å². The van der Waals surface area contributed by atoms with Gasteiger partial charge in [0.1, 0.15) is 16.6 Å². The summed E-state index contributed by atoms with van der Waals surface area (Å²) in [7, 11) is 0. The number of thiazole rings is 1. The Morgan fingerprint density at radius 1 is 1.52 bits per heavy atom. The molecule has 9 heteroatoms. The number of aromatic amines is 1. The molecule has 0 aromatic carbocycles. The SMILES string of the molecule is CCCC(O)C1CC(O)C(n2c(=O)sc3c(=O)[nH]c(C)nc32)O1. The molecule has 1 saturated heterocycles. The zero-order chi connectivity index (χ0) is 16.7. The molecule has 0 spiro atoms. The number of aliphatic hydroxyl groups excluding tert-OH is 2. The smallest absolute Gasteiger partial charge is 0.311 e. The number of hydrogen-bond donors (Lipinski definition) is 3. The zero-order valence-corrected chi connectivity index (χ0v) is 13.7. The van der Waals surface area contributed by atoms with Crippen LogP contribution in [0, 0.1) is 6.92 Å². The summed E-state index contributed by atoms with van der Waals surface area (Å²) >= 11 is 0.770. The van der Waals surface area contributed by atoms with Gasteiger partial charge in [-0.05, 0) is 13.3 Å². The molecule has 2 aromatic rings. The standard InChI is InChI=1S/C14H19N3O5S/c1-3-4-7(18)9-5-8(19)13(22-9)17-11-10(23-14(17)21)12(20)16-6(2)15-11/h7-9,13,18-19H,3-5H2,1-2H3,(H,15,16,20). The minimum atomic E-state index is -0.943. The molecule has 4 atom stereocenters. The fraction of sp³-hybridized carbons (Fsp3) is 0.643. The van der Waals surface area contributed by atoms with Crippen molar-refractivity contribution in [2.24, 2.45) is 0 Å². The van der Waals surface area contributed by atoms with Crippen LogP contribution < -0.4 is 10.4 Å². The largest absolute Gasteiger partial charge is 0.390 e. The molecule has 8 nitrogen and oxygen atoms in total. The van der Waals surface area contributed by atoms with Gasteiger partial charge in [-0.1, -0.05) is 24.7 Å². The highest BCUT2D eigenvalue weighted by atomic mass is 32.1. The van der Waals surface area contributed by atoms with E-state index < -0.39 is 29.4 Å². The number of aliphatic hydroxyl groups is 2. The quantitative estimate of drug-likeness (QED) is 0.734. The Morgan fingerprint density at radius 2 is 2.26 bits per heavy atom. The summed E-state index contributed by atoms with van der Waals surface area (Å²) in [6.07, 6.45) is -1.54. The first kappa shape index (κ1) is 16.3. The number of aryl methyl sites for hydroxylation is 1. The van der Waals surface area contributed by atoms with Crippen LogP contribution >= 0.6 is 11.3 Å². The molecule has 23 heavy (non-hydrogen) atoms. The highest BCUT2D eigenvalue weighted by molar-refractivity contribution is 7.16. The van der Waals surface area contributed by atoms with Crippen molar-refractivity contribution in [3.63, 3.8) is 0 Å². The third kappa shape index (κ3) is 2.85. The van der Waals surface area contributed by atoms with E-state index in [0.717, 1.165) is 17.8 Å². The normalized spacial score (nSPS) is 26.0. The minimum Gasteiger partial charge on any atom is -0.390 e. The Balaban J connectivity index is 2.02. The van der Waals surface area contributed by atoms with Crippen LogP contribution in [0.5, 0.6) is 0 Å². The van der Waals surface area contributed by atoms with Crippen molar-refractivity contribution in [2.75, 3.05) is 0 Å². The molecule has 3 rings (SSSR count). The molecular weight excluding hydrogens is 322 g/mol. The van der Waals surface area contributed by atoms with Gasteiger partial charge in [0, 0.05) is 6.42 Å². The van der Waals surface area contributed by atoms with E-state index in [-0.39, 0.29) is 22.3 Å². The number of ether oxygens (including phenoxy) is 1. The van der Waals surface area contributed by atoms with Crippen molar-refractivity contribution in [3.8, 4) is 0 Å². The zero-order valence-electron chi connectivity index (χ0n) is 12.9. The van der Waals surface area contributed by atoms with Crippen LogP contribution in [0.1, 0.15) is 38.2 Å². The van der Waals surface area contributed by atoms with E-state index in [0.29, 0.717) is 12.2 Å². The second-order valence-electron chi connectivity index (χ2n) is 5.77. The van der Waals surface area contributed by atoms with E-state index in [1.807, 2.05) is 6.92 Å². The lowest BCUT2D eigenvalue weighted by atomic mass is 10.1. The summed E-state index contributed by atoms with van der Waals surface area (Å²) in [6, 6.07) is 0. The number of hydrogen-bond acceptors (Lipinski definition) is 7. The number of H-pyrrole nitrogens is 1. The van der Waals surface area contributed by atoms with Crippen LogP contribution in [0.15, 0.2) is 9.59 Å². The van der Waals surface area contributed by atoms with Gasteiger partial charge in [0.25, 0.3) is 5.56 Å². The summed E-state index contributed by atoms with van der Waals surface area (Å²) in [6.45, 7) is 3.56. The lowest BCUT2D eigenvalue weighted by Crippen LogP contribution is -2.28. The van der Waals surface area contributed by atoms with Gasteiger partial charge >= 0.3 is 4.87 Å².